The number of rotatable bonds is 4. The van der Waals surface area contributed by atoms with Gasteiger partial charge in [0.05, 0.1) is 6.04 Å². The van der Waals surface area contributed by atoms with Gasteiger partial charge in [-0.15, -0.1) is 6.58 Å². The van der Waals surface area contributed by atoms with Gasteiger partial charge in [-0.1, -0.05) is 26.3 Å². The second-order valence-corrected chi connectivity index (χ2v) is 3.52. The molecule has 0 aromatic carbocycles. The molecule has 0 spiro atoms. The molecule has 0 bridgehead atoms. The lowest BCUT2D eigenvalue weighted by atomic mass is 9.93. The highest BCUT2D eigenvalue weighted by Crippen LogP contribution is 2.21. The van der Waals surface area contributed by atoms with Crippen LogP contribution in [0.25, 0.3) is 0 Å². The average molecular weight is 183 g/mol. The van der Waals surface area contributed by atoms with Gasteiger partial charge < -0.3 is 10.1 Å². The van der Waals surface area contributed by atoms with Crippen molar-refractivity contribution < 1.29 is 9.53 Å². The molecular formula is C10H17NO2. The van der Waals surface area contributed by atoms with Crippen molar-refractivity contribution in [2.45, 2.75) is 38.8 Å². The molecule has 3 heteroatoms. The summed E-state index contributed by atoms with van der Waals surface area (Å²) in [5.41, 5.74) is 0. The molecule has 1 aliphatic heterocycles. The Labute approximate surface area is 79.2 Å². The van der Waals surface area contributed by atoms with Gasteiger partial charge in [0.1, 0.15) is 6.10 Å². The Kier molecular flexibility index (Phi) is 3.34. The number of cyclic esters (lactones) is 1. The zero-order valence-corrected chi connectivity index (χ0v) is 8.25. The van der Waals surface area contributed by atoms with Crippen molar-refractivity contribution in [1.82, 2.24) is 5.32 Å². The first-order valence-corrected chi connectivity index (χ1v) is 4.77. The van der Waals surface area contributed by atoms with Crippen LogP contribution in [-0.2, 0) is 4.74 Å². The van der Waals surface area contributed by atoms with Gasteiger partial charge in [-0.2, -0.15) is 0 Å². The van der Waals surface area contributed by atoms with Crippen LogP contribution in [-0.4, -0.2) is 18.2 Å². The molecular weight excluding hydrogens is 166 g/mol. The van der Waals surface area contributed by atoms with Crippen molar-refractivity contribution in [3.05, 3.63) is 12.7 Å². The normalized spacial score (nSPS) is 29.2. The summed E-state index contributed by atoms with van der Waals surface area (Å²) in [6, 6.07) is 0.149. The zero-order chi connectivity index (χ0) is 9.84. The molecule has 1 fully saturated rings. The fourth-order valence-corrected chi connectivity index (χ4v) is 1.60. The highest BCUT2D eigenvalue weighted by Gasteiger charge is 2.35. The van der Waals surface area contributed by atoms with E-state index in [2.05, 4.69) is 25.7 Å². The number of hydrogen-bond donors (Lipinski definition) is 1. The van der Waals surface area contributed by atoms with Gasteiger partial charge in [0.15, 0.2) is 0 Å². The summed E-state index contributed by atoms with van der Waals surface area (Å²) in [7, 11) is 0. The largest absolute Gasteiger partial charge is 0.444 e. The van der Waals surface area contributed by atoms with E-state index in [1.807, 2.05) is 0 Å². The van der Waals surface area contributed by atoms with Crippen molar-refractivity contribution >= 4 is 6.09 Å². The van der Waals surface area contributed by atoms with Crippen molar-refractivity contribution in [2.24, 2.45) is 5.92 Å². The zero-order valence-electron chi connectivity index (χ0n) is 8.25. The Balaban J connectivity index is 2.59. The van der Waals surface area contributed by atoms with Crippen molar-refractivity contribution in [3.8, 4) is 0 Å². The minimum Gasteiger partial charge on any atom is -0.444 e. The Hall–Kier alpha value is -0.990. The van der Waals surface area contributed by atoms with Gasteiger partial charge in [-0.25, -0.2) is 4.79 Å². The fourth-order valence-electron chi connectivity index (χ4n) is 1.60. The molecule has 0 aliphatic carbocycles. The number of amides is 1. The molecule has 0 aromatic rings. The molecule has 3 atom stereocenters. The summed E-state index contributed by atoms with van der Waals surface area (Å²) in [5, 5.41) is 2.83. The Morgan fingerprint density at radius 2 is 2.46 bits per heavy atom. The smallest absolute Gasteiger partial charge is 0.407 e. The molecule has 1 amide bonds. The molecule has 1 saturated heterocycles. The molecule has 74 valence electrons. The van der Waals surface area contributed by atoms with Gasteiger partial charge in [-0.05, 0) is 5.92 Å². The average Bonchev–Trinajstić information content (AvgIpc) is 2.46. The maximum atomic E-state index is 11.0. The van der Waals surface area contributed by atoms with Crippen LogP contribution >= 0.6 is 0 Å². The maximum Gasteiger partial charge on any atom is 0.407 e. The van der Waals surface area contributed by atoms with E-state index in [0.717, 1.165) is 12.8 Å². The first-order valence-electron chi connectivity index (χ1n) is 4.77. The van der Waals surface area contributed by atoms with Crippen LogP contribution in [0.15, 0.2) is 12.7 Å². The van der Waals surface area contributed by atoms with E-state index in [0.29, 0.717) is 5.92 Å². The van der Waals surface area contributed by atoms with Crippen molar-refractivity contribution in [1.29, 1.82) is 0 Å². The topological polar surface area (TPSA) is 38.3 Å². The summed E-state index contributed by atoms with van der Waals surface area (Å²) in [4.78, 5) is 11.0. The summed E-state index contributed by atoms with van der Waals surface area (Å²) >= 11 is 0. The predicted octanol–water partition coefficient (Wildman–Crippen LogP) is 2.09. The Bertz CT molecular complexity index is 203. The van der Waals surface area contributed by atoms with Gasteiger partial charge in [0.25, 0.3) is 0 Å². The molecule has 1 aliphatic rings. The predicted molar refractivity (Wildman–Crippen MR) is 51.5 cm³/mol. The molecule has 3 nitrogen and oxygen atoms in total. The third kappa shape index (κ3) is 2.23. The van der Waals surface area contributed by atoms with Gasteiger partial charge in [0.2, 0.25) is 0 Å². The summed E-state index contributed by atoms with van der Waals surface area (Å²) in [5.74, 6) is 0.455. The quantitative estimate of drug-likeness (QED) is 0.678. The molecule has 1 N–H and O–H groups in total. The number of carbonyl (C=O) groups is 1. The number of carbonyl (C=O) groups excluding carboxylic acids is 1. The monoisotopic (exact) mass is 183 g/mol. The molecule has 0 aromatic heterocycles. The second-order valence-electron chi connectivity index (χ2n) is 3.52. The third-order valence-electron chi connectivity index (χ3n) is 2.60. The standard InChI is InChI=1S/C10H17NO2/c1-4-6-8-9(7(3)5-2)11-10(12)13-8/h4,7-9H,1,5-6H2,2-3H3,(H,11,12)/t7-,8-,9-/m0/s1. The summed E-state index contributed by atoms with van der Waals surface area (Å²) in [6.45, 7) is 7.88. The summed E-state index contributed by atoms with van der Waals surface area (Å²) < 4.78 is 5.12. The third-order valence-corrected chi connectivity index (χ3v) is 2.60. The van der Waals surface area contributed by atoms with E-state index < -0.39 is 0 Å². The molecule has 1 rings (SSSR count). The van der Waals surface area contributed by atoms with Crippen molar-refractivity contribution in [3.63, 3.8) is 0 Å². The Morgan fingerprint density at radius 1 is 1.77 bits per heavy atom. The molecule has 0 saturated carbocycles. The number of hydrogen-bond acceptors (Lipinski definition) is 2. The van der Waals surface area contributed by atoms with Gasteiger partial charge in [-0.3, -0.25) is 0 Å². The number of nitrogens with one attached hydrogen (secondary N) is 1. The highest BCUT2D eigenvalue weighted by molar-refractivity contribution is 5.70. The Morgan fingerprint density at radius 3 is 3.00 bits per heavy atom. The second kappa shape index (κ2) is 4.30. The molecule has 13 heavy (non-hydrogen) atoms. The van der Waals surface area contributed by atoms with E-state index in [1.54, 1.807) is 6.08 Å². The van der Waals surface area contributed by atoms with E-state index in [1.165, 1.54) is 0 Å². The minimum absolute atomic E-state index is 0.0278. The van der Waals surface area contributed by atoms with E-state index >= 15 is 0 Å². The SMILES string of the molecule is C=CC[C@@H]1OC(=O)N[C@H]1[C@@H](C)CC. The van der Waals surface area contributed by atoms with Crippen molar-refractivity contribution in [2.75, 3.05) is 0 Å². The van der Waals surface area contributed by atoms with Gasteiger partial charge in [0, 0.05) is 6.42 Å². The number of ether oxygens (including phenoxy) is 1. The van der Waals surface area contributed by atoms with Crippen LogP contribution in [0.4, 0.5) is 4.79 Å². The summed E-state index contributed by atoms with van der Waals surface area (Å²) in [6.07, 6.45) is 3.24. The molecule has 1 heterocycles. The van der Waals surface area contributed by atoms with Crippen LogP contribution < -0.4 is 5.32 Å². The highest BCUT2D eigenvalue weighted by atomic mass is 16.6. The van der Waals surface area contributed by atoms with Crippen LogP contribution in [0.2, 0.25) is 0 Å². The van der Waals surface area contributed by atoms with Gasteiger partial charge >= 0.3 is 6.09 Å². The van der Waals surface area contributed by atoms with E-state index in [4.69, 9.17) is 4.74 Å². The first-order chi connectivity index (χ1) is 6.19. The van der Waals surface area contributed by atoms with Crippen LogP contribution in [0.5, 0.6) is 0 Å². The molecule has 0 radical (unpaired) electrons. The van der Waals surface area contributed by atoms with Crippen LogP contribution in [0.1, 0.15) is 26.7 Å². The lowest BCUT2D eigenvalue weighted by Crippen LogP contribution is -2.37. The lowest BCUT2D eigenvalue weighted by Gasteiger charge is -2.20. The first kappa shape index (κ1) is 10.1. The van der Waals surface area contributed by atoms with Crippen LogP contribution in [0.3, 0.4) is 0 Å². The maximum absolute atomic E-state index is 11.0. The lowest BCUT2D eigenvalue weighted by molar-refractivity contribution is 0.125. The fraction of sp³-hybridized carbons (Fsp3) is 0.700. The van der Waals surface area contributed by atoms with E-state index in [9.17, 15) is 4.79 Å². The molecule has 0 unspecified atom stereocenters. The van der Waals surface area contributed by atoms with Crippen LogP contribution in [0, 0.1) is 5.92 Å². The van der Waals surface area contributed by atoms with E-state index in [-0.39, 0.29) is 18.2 Å². The minimum atomic E-state index is -0.294. The number of alkyl carbamates (subject to hydrolysis) is 1.